The van der Waals surface area contributed by atoms with Crippen LogP contribution in [-0.4, -0.2) is 52.7 Å². The number of hydrogen-bond acceptors (Lipinski definition) is 7. The fraction of sp³-hybridized carbons (Fsp3) is 0.448. The maximum absolute atomic E-state index is 14.2. The highest BCUT2D eigenvalue weighted by atomic mass is 16.5. The number of nitrogens with zero attached hydrogens (tertiary/aromatic N) is 5. The number of amides is 1. The van der Waals surface area contributed by atoms with Gasteiger partial charge >= 0.3 is 0 Å². The number of ether oxygens (including phenoxy) is 2. The number of fused-ring (bicyclic) bond motifs is 2. The predicted octanol–water partition coefficient (Wildman–Crippen LogP) is 4.42. The molecule has 9 nitrogen and oxygen atoms in total. The highest BCUT2D eigenvalue weighted by molar-refractivity contribution is 5.98. The zero-order valence-corrected chi connectivity index (χ0v) is 22.5. The van der Waals surface area contributed by atoms with Gasteiger partial charge in [0.25, 0.3) is 5.91 Å². The van der Waals surface area contributed by atoms with Gasteiger partial charge in [-0.05, 0) is 49.4 Å². The van der Waals surface area contributed by atoms with E-state index in [0.29, 0.717) is 43.3 Å². The third-order valence-corrected chi connectivity index (χ3v) is 7.88. The van der Waals surface area contributed by atoms with Crippen molar-refractivity contribution in [2.45, 2.75) is 57.7 Å². The highest BCUT2D eigenvalue weighted by Gasteiger charge is 2.49. The number of carbonyl (C=O) groups is 1. The second-order valence-electron chi connectivity index (χ2n) is 10.1. The van der Waals surface area contributed by atoms with Crippen molar-refractivity contribution in [3.8, 4) is 11.8 Å². The van der Waals surface area contributed by atoms with Gasteiger partial charge in [0.05, 0.1) is 31.5 Å². The van der Waals surface area contributed by atoms with Crippen LogP contribution in [0.1, 0.15) is 77.5 Å². The van der Waals surface area contributed by atoms with Gasteiger partial charge in [-0.1, -0.05) is 12.5 Å². The number of imidazole rings is 1. The van der Waals surface area contributed by atoms with E-state index in [1.807, 2.05) is 42.6 Å². The minimum atomic E-state index is -0.279. The number of rotatable bonds is 9. The monoisotopic (exact) mass is 514 g/mol. The smallest absolute Gasteiger partial charge is 0.254 e. The number of nitriles is 1. The van der Waals surface area contributed by atoms with Crippen molar-refractivity contribution in [2.75, 3.05) is 32.6 Å². The summed E-state index contributed by atoms with van der Waals surface area (Å²) in [6.07, 6.45) is 8.43. The van der Waals surface area contributed by atoms with Gasteiger partial charge in [0.1, 0.15) is 17.4 Å². The summed E-state index contributed by atoms with van der Waals surface area (Å²) in [6.45, 7) is 6.01. The molecule has 2 aliphatic rings. The lowest BCUT2D eigenvalue weighted by molar-refractivity contribution is 0.0478. The van der Waals surface area contributed by atoms with Crippen molar-refractivity contribution in [1.29, 1.82) is 5.26 Å². The minimum absolute atomic E-state index is 0.00665. The summed E-state index contributed by atoms with van der Waals surface area (Å²) in [7, 11) is 3.55. The Bertz CT molecular complexity index is 1390. The Morgan fingerprint density at radius 1 is 1.26 bits per heavy atom. The molecule has 0 saturated heterocycles. The molecule has 3 aromatic rings. The topological polar surface area (TPSA) is 105 Å². The molecule has 1 N–H and O–H groups in total. The minimum Gasteiger partial charge on any atom is -0.492 e. The predicted molar refractivity (Wildman–Crippen MR) is 143 cm³/mol. The van der Waals surface area contributed by atoms with E-state index >= 15 is 0 Å². The molecule has 1 atom stereocenters. The third-order valence-electron chi connectivity index (χ3n) is 7.88. The number of pyridine rings is 1. The van der Waals surface area contributed by atoms with Gasteiger partial charge in [-0.15, -0.1) is 0 Å². The second-order valence-corrected chi connectivity index (χ2v) is 10.1. The number of carbonyl (C=O) groups excluding carboxylic acids is 1. The Hall–Kier alpha value is -3.90. The third kappa shape index (κ3) is 4.39. The zero-order chi connectivity index (χ0) is 26.9. The van der Waals surface area contributed by atoms with Crippen LogP contribution in [0, 0.1) is 11.3 Å². The van der Waals surface area contributed by atoms with Crippen LogP contribution in [0.2, 0.25) is 0 Å². The first kappa shape index (κ1) is 25.7. The fourth-order valence-electron chi connectivity index (χ4n) is 5.94. The molecule has 1 fully saturated rings. The molecule has 9 heteroatoms. The summed E-state index contributed by atoms with van der Waals surface area (Å²) < 4.78 is 13.3. The summed E-state index contributed by atoms with van der Waals surface area (Å²) in [6, 6.07) is 7.89. The summed E-state index contributed by atoms with van der Waals surface area (Å²) in [4.78, 5) is 25.0. The maximum Gasteiger partial charge on any atom is 0.254 e. The number of anilines is 1. The molecule has 38 heavy (non-hydrogen) atoms. The molecular formula is C29H34N6O3. The Balaban J connectivity index is 1.57. The van der Waals surface area contributed by atoms with E-state index in [1.54, 1.807) is 19.4 Å². The van der Waals surface area contributed by atoms with Crippen LogP contribution in [0.25, 0.3) is 0 Å². The Morgan fingerprint density at radius 3 is 2.74 bits per heavy atom. The number of methoxy groups -OCH3 is 1. The second kappa shape index (κ2) is 10.5. The summed E-state index contributed by atoms with van der Waals surface area (Å²) >= 11 is 0. The number of hydrogen-bond donors (Lipinski definition) is 1. The molecular weight excluding hydrogens is 480 g/mol. The normalized spacial score (nSPS) is 16.5. The lowest BCUT2D eigenvalue weighted by Gasteiger charge is -2.52. The molecule has 1 aliphatic heterocycles. The SMILES string of the molecule is CCOc1cc(C(C)N2CC3(CCC3)c3c(COC)cc(Cn4ccnc4NC)cc3C2=O)ncc1C#N. The number of nitrogens with one attached hydrogen (secondary N) is 1. The van der Waals surface area contributed by atoms with Crippen LogP contribution in [0.4, 0.5) is 5.95 Å². The Morgan fingerprint density at radius 2 is 2.08 bits per heavy atom. The number of benzene rings is 1. The maximum atomic E-state index is 14.2. The first-order valence-electron chi connectivity index (χ1n) is 13.1. The molecule has 0 radical (unpaired) electrons. The largest absolute Gasteiger partial charge is 0.492 e. The van der Waals surface area contributed by atoms with Crippen molar-refractivity contribution in [3.63, 3.8) is 0 Å². The lowest BCUT2D eigenvalue weighted by atomic mass is 9.60. The van der Waals surface area contributed by atoms with Crippen LogP contribution in [0.5, 0.6) is 5.75 Å². The highest BCUT2D eigenvalue weighted by Crippen LogP contribution is 2.51. The van der Waals surface area contributed by atoms with E-state index in [4.69, 9.17) is 9.47 Å². The molecule has 2 aromatic heterocycles. The van der Waals surface area contributed by atoms with Gasteiger partial charge in [0.15, 0.2) is 0 Å². The molecule has 198 valence electrons. The van der Waals surface area contributed by atoms with Crippen molar-refractivity contribution in [3.05, 3.63) is 70.3 Å². The Labute approximate surface area is 223 Å². The first-order valence-corrected chi connectivity index (χ1v) is 13.1. The lowest BCUT2D eigenvalue weighted by Crippen LogP contribution is -2.54. The molecule has 5 rings (SSSR count). The van der Waals surface area contributed by atoms with Crippen LogP contribution in [0.3, 0.4) is 0 Å². The van der Waals surface area contributed by atoms with Crippen LogP contribution >= 0.6 is 0 Å². The average molecular weight is 515 g/mol. The first-order chi connectivity index (χ1) is 18.4. The van der Waals surface area contributed by atoms with Crippen molar-refractivity contribution < 1.29 is 14.3 Å². The summed E-state index contributed by atoms with van der Waals surface area (Å²) in [5.41, 5.74) is 5.01. The van der Waals surface area contributed by atoms with Gasteiger partial charge in [-0.25, -0.2) is 4.98 Å². The van der Waals surface area contributed by atoms with Crippen LogP contribution in [-0.2, 0) is 23.3 Å². The molecule has 1 amide bonds. The summed E-state index contributed by atoms with van der Waals surface area (Å²) in [5, 5.41) is 12.6. The quantitative estimate of drug-likeness (QED) is 0.450. The van der Waals surface area contributed by atoms with E-state index in [1.165, 1.54) is 6.20 Å². The van der Waals surface area contributed by atoms with Crippen LogP contribution < -0.4 is 10.1 Å². The van der Waals surface area contributed by atoms with E-state index in [0.717, 1.165) is 47.5 Å². The van der Waals surface area contributed by atoms with Crippen LogP contribution in [0.15, 0.2) is 36.8 Å². The molecule has 1 unspecified atom stereocenters. The number of aromatic nitrogens is 3. The molecule has 1 aromatic carbocycles. The fourth-order valence-corrected chi connectivity index (χ4v) is 5.94. The van der Waals surface area contributed by atoms with Crippen molar-refractivity contribution in [2.24, 2.45) is 0 Å². The van der Waals surface area contributed by atoms with Gasteiger partial charge in [-0.2, -0.15) is 5.26 Å². The molecule has 1 aliphatic carbocycles. The standard InChI is InChI=1S/C29H34N6O3/c1-5-38-25-13-24(33-15-22(25)14-30)19(2)35-18-29(7-6-8-29)26-21(17-37-4)11-20(12-23(26)27(35)36)16-34-10-9-32-28(34)31-3/h9-13,15,19H,5-8,16-18H2,1-4H3,(H,31,32). The summed E-state index contributed by atoms with van der Waals surface area (Å²) in [5.74, 6) is 1.26. The molecule has 1 saturated carbocycles. The van der Waals surface area contributed by atoms with Gasteiger partial charge in [0.2, 0.25) is 5.95 Å². The van der Waals surface area contributed by atoms with Gasteiger partial charge < -0.3 is 24.3 Å². The Kier molecular flexibility index (Phi) is 7.09. The van der Waals surface area contributed by atoms with Gasteiger partial charge in [0, 0.05) is 56.3 Å². The van der Waals surface area contributed by atoms with Crippen molar-refractivity contribution in [1.82, 2.24) is 19.4 Å². The van der Waals surface area contributed by atoms with E-state index in [-0.39, 0.29) is 17.4 Å². The van der Waals surface area contributed by atoms with Crippen molar-refractivity contribution >= 4 is 11.9 Å². The van der Waals surface area contributed by atoms with E-state index in [2.05, 4.69) is 27.4 Å². The average Bonchev–Trinajstić information content (AvgIpc) is 3.35. The van der Waals surface area contributed by atoms with E-state index < -0.39 is 0 Å². The van der Waals surface area contributed by atoms with E-state index in [9.17, 15) is 10.1 Å². The molecule has 1 spiro atoms. The zero-order valence-electron chi connectivity index (χ0n) is 22.5. The molecule has 3 heterocycles. The van der Waals surface area contributed by atoms with Gasteiger partial charge in [-0.3, -0.25) is 9.78 Å². The molecule has 0 bridgehead atoms.